The molecule has 0 radical (unpaired) electrons. The lowest BCUT2D eigenvalue weighted by molar-refractivity contribution is 0.200. The van der Waals surface area contributed by atoms with Gasteiger partial charge in [-0.05, 0) is 40.0 Å². The molecule has 0 aromatic rings. The van der Waals surface area contributed by atoms with Gasteiger partial charge in [0.05, 0.1) is 0 Å². The highest BCUT2D eigenvalue weighted by Gasteiger charge is 2.08. The second-order valence-corrected chi connectivity index (χ2v) is 3.93. The lowest BCUT2D eigenvalue weighted by atomic mass is 10.2. The first-order valence-corrected chi connectivity index (χ1v) is 5.78. The molecule has 86 valence electrons. The van der Waals surface area contributed by atoms with Crippen molar-refractivity contribution in [2.45, 2.75) is 33.2 Å². The average Bonchev–Trinajstić information content (AvgIpc) is 2.19. The van der Waals surface area contributed by atoms with E-state index in [0.717, 1.165) is 32.6 Å². The zero-order chi connectivity index (χ0) is 11.0. The first kappa shape index (κ1) is 13.9. The van der Waals surface area contributed by atoms with E-state index < -0.39 is 0 Å². The molecule has 0 fully saturated rings. The van der Waals surface area contributed by atoms with E-state index >= 15 is 0 Å². The highest BCUT2D eigenvalue weighted by atomic mass is 15.2. The molecule has 0 saturated carbocycles. The molecular weight excluding hydrogens is 174 g/mol. The lowest BCUT2D eigenvalue weighted by Crippen LogP contribution is -2.38. The van der Waals surface area contributed by atoms with Crippen LogP contribution in [-0.4, -0.2) is 55.6 Å². The Labute approximate surface area is 89.2 Å². The molecule has 0 bridgehead atoms. The Kier molecular flexibility index (Phi) is 8.14. The van der Waals surface area contributed by atoms with E-state index in [1.54, 1.807) is 0 Å². The smallest absolute Gasteiger partial charge is 0.0109 e. The van der Waals surface area contributed by atoms with Gasteiger partial charge in [-0.3, -0.25) is 0 Å². The predicted octanol–water partition coefficient (Wildman–Crippen LogP) is 0.997. The molecule has 1 atom stereocenters. The Bertz CT molecular complexity index is 124. The van der Waals surface area contributed by atoms with Crippen molar-refractivity contribution in [2.75, 3.05) is 39.8 Å². The van der Waals surface area contributed by atoms with E-state index in [1.807, 2.05) is 0 Å². The molecule has 0 heterocycles. The number of hydrogen-bond acceptors (Lipinski definition) is 3. The Morgan fingerprint density at radius 1 is 1.14 bits per heavy atom. The van der Waals surface area contributed by atoms with Gasteiger partial charge >= 0.3 is 0 Å². The summed E-state index contributed by atoms with van der Waals surface area (Å²) in [5.41, 5.74) is 5.54. The summed E-state index contributed by atoms with van der Waals surface area (Å²) in [6.07, 6.45) is 1.09. The van der Waals surface area contributed by atoms with Crippen LogP contribution in [0.1, 0.15) is 27.2 Å². The molecule has 14 heavy (non-hydrogen) atoms. The van der Waals surface area contributed by atoms with Crippen LogP contribution >= 0.6 is 0 Å². The second-order valence-electron chi connectivity index (χ2n) is 3.93. The van der Waals surface area contributed by atoms with Crippen LogP contribution in [0.15, 0.2) is 0 Å². The van der Waals surface area contributed by atoms with Crippen molar-refractivity contribution in [1.29, 1.82) is 0 Å². The molecule has 3 nitrogen and oxygen atoms in total. The van der Waals surface area contributed by atoms with Gasteiger partial charge in [-0.15, -0.1) is 0 Å². The van der Waals surface area contributed by atoms with Gasteiger partial charge in [-0.2, -0.15) is 0 Å². The summed E-state index contributed by atoms with van der Waals surface area (Å²) in [7, 11) is 2.18. The van der Waals surface area contributed by atoms with Crippen LogP contribution in [0.25, 0.3) is 0 Å². The lowest BCUT2D eigenvalue weighted by Gasteiger charge is -2.27. The fourth-order valence-corrected chi connectivity index (χ4v) is 1.52. The summed E-state index contributed by atoms with van der Waals surface area (Å²) in [6.45, 7) is 12.1. The molecular formula is C11H27N3. The summed E-state index contributed by atoms with van der Waals surface area (Å²) in [6, 6.07) is 0.607. The number of nitrogens with zero attached hydrogens (tertiary/aromatic N) is 2. The molecule has 0 amide bonds. The molecule has 0 aliphatic heterocycles. The van der Waals surface area contributed by atoms with Crippen LogP contribution in [0.4, 0.5) is 0 Å². The first-order chi connectivity index (χ1) is 6.65. The van der Waals surface area contributed by atoms with Gasteiger partial charge in [0.15, 0.2) is 0 Å². The Morgan fingerprint density at radius 3 is 2.14 bits per heavy atom. The van der Waals surface area contributed by atoms with Crippen LogP contribution in [-0.2, 0) is 0 Å². The molecule has 0 spiro atoms. The van der Waals surface area contributed by atoms with Gasteiger partial charge in [0.1, 0.15) is 0 Å². The maximum absolute atomic E-state index is 5.54. The zero-order valence-corrected chi connectivity index (χ0v) is 10.3. The van der Waals surface area contributed by atoms with Crippen LogP contribution in [0, 0.1) is 0 Å². The Balaban J connectivity index is 3.65. The van der Waals surface area contributed by atoms with E-state index in [2.05, 4.69) is 37.6 Å². The summed E-state index contributed by atoms with van der Waals surface area (Å²) >= 11 is 0. The van der Waals surface area contributed by atoms with Crippen LogP contribution in [0.3, 0.4) is 0 Å². The Hall–Kier alpha value is -0.120. The summed E-state index contributed by atoms with van der Waals surface area (Å²) in [5, 5.41) is 0. The zero-order valence-electron chi connectivity index (χ0n) is 10.3. The summed E-state index contributed by atoms with van der Waals surface area (Å²) < 4.78 is 0. The molecule has 0 aromatic carbocycles. The second kappa shape index (κ2) is 8.21. The van der Waals surface area contributed by atoms with E-state index in [4.69, 9.17) is 5.73 Å². The molecule has 0 aliphatic rings. The van der Waals surface area contributed by atoms with Crippen molar-refractivity contribution < 1.29 is 0 Å². The van der Waals surface area contributed by atoms with Gasteiger partial charge in [0.2, 0.25) is 0 Å². The largest absolute Gasteiger partial charge is 0.330 e. The molecule has 1 unspecified atom stereocenters. The van der Waals surface area contributed by atoms with Gasteiger partial charge in [-0.25, -0.2) is 0 Å². The molecule has 2 N–H and O–H groups in total. The molecule has 0 aliphatic carbocycles. The monoisotopic (exact) mass is 201 g/mol. The van der Waals surface area contributed by atoms with Crippen molar-refractivity contribution in [3.63, 3.8) is 0 Å². The van der Waals surface area contributed by atoms with E-state index in [0.29, 0.717) is 6.04 Å². The summed E-state index contributed by atoms with van der Waals surface area (Å²) in [4.78, 5) is 4.84. The topological polar surface area (TPSA) is 32.5 Å². The maximum Gasteiger partial charge on any atom is 0.0109 e. The van der Waals surface area contributed by atoms with Crippen LogP contribution in [0.2, 0.25) is 0 Å². The van der Waals surface area contributed by atoms with Crippen molar-refractivity contribution in [2.24, 2.45) is 5.73 Å². The third kappa shape index (κ3) is 5.58. The Morgan fingerprint density at radius 2 is 1.71 bits per heavy atom. The third-order valence-electron chi connectivity index (χ3n) is 3.00. The minimum absolute atomic E-state index is 0.607. The minimum Gasteiger partial charge on any atom is -0.330 e. The fourth-order valence-electron chi connectivity index (χ4n) is 1.52. The third-order valence-corrected chi connectivity index (χ3v) is 3.00. The number of nitrogens with two attached hydrogens (primary N) is 1. The number of hydrogen-bond donors (Lipinski definition) is 1. The summed E-state index contributed by atoms with van der Waals surface area (Å²) in [5.74, 6) is 0. The molecule has 0 saturated heterocycles. The van der Waals surface area contributed by atoms with Gasteiger partial charge in [0.25, 0.3) is 0 Å². The molecule has 0 rings (SSSR count). The number of likely N-dealkylation sites (N-methyl/N-ethyl adjacent to an activating group) is 2. The van der Waals surface area contributed by atoms with E-state index in [1.165, 1.54) is 6.54 Å². The van der Waals surface area contributed by atoms with Gasteiger partial charge < -0.3 is 15.5 Å². The average molecular weight is 201 g/mol. The predicted molar refractivity (Wildman–Crippen MR) is 63.6 cm³/mol. The number of rotatable bonds is 8. The highest BCUT2D eigenvalue weighted by Crippen LogP contribution is 1.99. The molecule has 0 aromatic heterocycles. The van der Waals surface area contributed by atoms with E-state index in [-0.39, 0.29) is 0 Å². The normalized spacial score (nSPS) is 13.9. The van der Waals surface area contributed by atoms with Crippen LogP contribution in [0.5, 0.6) is 0 Å². The van der Waals surface area contributed by atoms with Crippen LogP contribution < -0.4 is 5.73 Å². The maximum atomic E-state index is 5.54. The highest BCUT2D eigenvalue weighted by molar-refractivity contribution is 4.65. The van der Waals surface area contributed by atoms with Crippen molar-refractivity contribution in [3.05, 3.63) is 0 Å². The first-order valence-electron chi connectivity index (χ1n) is 5.78. The minimum atomic E-state index is 0.607. The van der Waals surface area contributed by atoms with Gasteiger partial charge in [0, 0.05) is 19.1 Å². The SMILES string of the molecule is CCN(CC)CCN(C)C(C)CCN. The van der Waals surface area contributed by atoms with Gasteiger partial charge in [-0.1, -0.05) is 13.8 Å². The van der Waals surface area contributed by atoms with E-state index in [9.17, 15) is 0 Å². The quantitative estimate of drug-likeness (QED) is 0.636. The van der Waals surface area contributed by atoms with Crippen molar-refractivity contribution >= 4 is 0 Å². The van der Waals surface area contributed by atoms with Crippen molar-refractivity contribution in [3.8, 4) is 0 Å². The standard InChI is InChI=1S/C11H27N3/c1-5-14(6-2)10-9-13(4)11(3)7-8-12/h11H,5-10,12H2,1-4H3. The fraction of sp³-hybridized carbons (Fsp3) is 1.00. The molecule has 3 heteroatoms. The van der Waals surface area contributed by atoms with Crippen molar-refractivity contribution in [1.82, 2.24) is 9.80 Å².